The maximum Gasteiger partial charge on any atom is 0.243 e. The van der Waals surface area contributed by atoms with Crippen molar-refractivity contribution in [3.63, 3.8) is 0 Å². The third-order valence-electron chi connectivity index (χ3n) is 4.72. The van der Waals surface area contributed by atoms with Crippen molar-refractivity contribution in [3.05, 3.63) is 62.9 Å². The van der Waals surface area contributed by atoms with Gasteiger partial charge in [-0.05, 0) is 44.0 Å². The van der Waals surface area contributed by atoms with Crippen LogP contribution in [-0.4, -0.2) is 21.5 Å². The van der Waals surface area contributed by atoms with E-state index in [1.807, 2.05) is 42.7 Å². The molecular formula is C22H24Cl3N3O. The summed E-state index contributed by atoms with van der Waals surface area (Å²) in [5.41, 5.74) is 2.45. The molecule has 7 heteroatoms. The van der Waals surface area contributed by atoms with Gasteiger partial charge in [0.25, 0.3) is 0 Å². The van der Waals surface area contributed by atoms with Crippen molar-refractivity contribution in [1.82, 2.24) is 14.9 Å². The van der Waals surface area contributed by atoms with E-state index < -0.39 is 6.04 Å². The van der Waals surface area contributed by atoms with Crippen molar-refractivity contribution >= 4 is 51.7 Å². The fraction of sp³-hybridized carbons (Fsp3) is 0.364. The number of carbonyl (C=O) groups excluding carboxylic acids is 1. The van der Waals surface area contributed by atoms with Crippen molar-refractivity contribution in [2.24, 2.45) is 0 Å². The fourth-order valence-corrected chi connectivity index (χ4v) is 3.97. The van der Waals surface area contributed by atoms with Gasteiger partial charge in [0.1, 0.15) is 11.9 Å². The monoisotopic (exact) mass is 451 g/mol. The molecular weight excluding hydrogens is 429 g/mol. The Balaban J connectivity index is 2.19. The molecule has 0 bridgehead atoms. The average Bonchev–Trinajstić information content (AvgIpc) is 2.98. The lowest BCUT2D eigenvalue weighted by molar-refractivity contribution is -0.125. The molecule has 0 fully saturated rings. The predicted molar refractivity (Wildman–Crippen MR) is 121 cm³/mol. The Morgan fingerprint density at radius 3 is 2.45 bits per heavy atom. The number of hydrogen-bond donors (Lipinski definition) is 1. The number of nitrogens with zero attached hydrogens (tertiary/aromatic N) is 2. The fourth-order valence-electron chi connectivity index (χ4n) is 3.46. The lowest BCUT2D eigenvalue weighted by Gasteiger charge is -2.22. The largest absolute Gasteiger partial charge is 0.352 e. The van der Waals surface area contributed by atoms with Gasteiger partial charge in [-0.15, -0.1) is 0 Å². The van der Waals surface area contributed by atoms with Crippen molar-refractivity contribution < 1.29 is 4.79 Å². The molecule has 29 heavy (non-hydrogen) atoms. The van der Waals surface area contributed by atoms with Crippen LogP contribution < -0.4 is 5.32 Å². The number of imidazole rings is 1. The molecule has 1 atom stereocenters. The van der Waals surface area contributed by atoms with E-state index in [4.69, 9.17) is 39.8 Å². The van der Waals surface area contributed by atoms with Gasteiger partial charge in [0.2, 0.25) is 5.91 Å². The molecule has 0 saturated carbocycles. The first-order chi connectivity index (χ1) is 13.8. The molecule has 1 aromatic heterocycles. The van der Waals surface area contributed by atoms with E-state index >= 15 is 0 Å². The Kier molecular flexibility index (Phi) is 7.10. The normalized spacial score (nSPS) is 12.5. The van der Waals surface area contributed by atoms with Crippen LogP contribution in [0.5, 0.6) is 0 Å². The maximum atomic E-state index is 13.1. The summed E-state index contributed by atoms with van der Waals surface area (Å²) in [5, 5.41) is 4.58. The molecule has 154 valence electrons. The topological polar surface area (TPSA) is 46.9 Å². The third-order valence-corrected chi connectivity index (χ3v) is 5.81. The summed E-state index contributed by atoms with van der Waals surface area (Å²) in [4.78, 5) is 17.9. The standard InChI is InChI=1S/C22H24Cl3N3O/c1-4-7-19(22(29)26-13(2)3)28-20-12-17(25)16(24)11-18(20)27-21(28)10-14-8-5-6-9-15(14)23/h5-6,8-9,11-13,19H,4,7,10H2,1-3H3,(H,26,29)/t19-/m1/s1. The van der Waals surface area contributed by atoms with Crippen LogP contribution >= 0.6 is 34.8 Å². The number of hydrogen-bond acceptors (Lipinski definition) is 2. The molecule has 0 spiro atoms. The van der Waals surface area contributed by atoms with Crippen LogP contribution in [0, 0.1) is 0 Å². The zero-order chi connectivity index (χ0) is 21.1. The molecule has 0 radical (unpaired) electrons. The number of amides is 1. The SMILES string of the molecule is CCC[C@H](C(=O)NC(C)C)n1c(Cc2ccccc2Cl)nc2cc(Cl)c(Cl)cc21. The van der Waals surface area contributed by atoms with E-state index in [9.17, 15) is 4.79 Å². The maximum absolute atomic E-state index is 13.1. The molecule has 1 heterocycles. The summed E-state index contributed by atoms with van der Waals surface area (Å²) in [6.07, 6.45) is 2.03. The van der Waals surface area contributed by atoms with Gasteiger partial charge in [-0.3, -0.25) is 4.79 Å². The second-order valence-electron chi connectivity index (χ2n) is 7.39. The van der Waals surface area contributed by atoms with Gasteiger partial charge in [-0.25, -0.2) is 4.98 Å². The Bertz CT molecular complexity index is 1030. The minimum absolute atomic E-state index is 0.0346. The summed E-state index contributed by atoms with van der Waals surface area (Å²) in [6, 6.07) is 10.8. The molecule has 3 rings (SSSR count). The van der Waals surface area contributed by atoms with Gasteiger partial charge >= 0.3 is 0 Å². The van der Waals surface area contributed by atoms with Crippen molar-refractivity contribution in [2.45, 2.75) is 52.1 Å². The lowest BCUT2D eigenvalue weighted by atomic mass is 10.1. The molecule has 1 amide bonds. The Morgan fingerprint density at radius 1 is 1.10 bits per heavy atom. The number of aromatic nitrogens is 2. The highest BCUT2D eigenvalue weighted by Crippen LogP contribution is 2.33. The number of halogens is 3. The first kappa shape index (κ1) is 21.9. The van der Waals surface area contributed by atoms with Crippen LogP contribution in [0.3, 0.4) is 0 Å². The first-order valence-corrected chi connectivity index (χ1v) is 10.8. The Labute approximate surface area is 186 Å². The molecule has 0 aliphatic carbocycles. The summed E-state index contributed by atoms with van der Waals surface area (Å²) in [5.74, 6) is 0.719. The molecule has 4 nitrogen and oxygen atoms in total. The van der Waals surface area contributed by atoms with E-state index in [1.165, 1.54) is 0 Å². The van der Waals surface area contributed by atoms with E-state index in [2.05, 4.69) is 12.2 Å². The highest BCUT2D eigenvalue weighted by Gasteiger charge is 2.26. The van der Waals surface area contributed by atoms with Crippen molar-refractivity contribution in [1.29, 1.82) is 0 Å². The van der Waals surface area contributed by atoms with Gasteiger partial charge < -0.3 is 9.88 Å². The van der Waals surface area contributed by atoms with Crippen LogP contribution in [0.15, 0.2) is 36.4 Å². The molecule has 2 aromatic carbocycles. The van der Waals surface area contributed by atoms with Crippen LogP contribution in [0.1, 0.15) is 51.0 Å². The van der Waals surface area contributed by atoms with Gasteiger partial charge in [-0.1, -0.05) is 66.3 Å². The summed E-state index contributed by atoms with van der Waals surface area (Å²) < 4.78 is 1.99. The summed E-state index contributed by atoms with van der Waals surface area (Å²) in [7, 11) is 0. The van der Waals surface area contributed by atoms with Gasteiger partial charge in [0.15, 0.2) is 0 Å². The smallest absolute Gasteiger partial charge is 0.243 e. The molecule has 0 saturated heterocycles. The molecule has 0 aliphatic rings. The van der Waals surface area contributed by atoms with Crippen molar-refractivity contribution in [3.8, 4) is 0 Å². The van der Waals surface area contributed by atoms with Crippen LogP contribution in [0.25, 0.3) is 11.0 Å². The van der Waals surface area contributed by atoms with Gasteiger partial charge in [0.05, 0.1) is 21.1 Å². The second-order valence-corrected chi connectivity index (χ2v) is 8.61. The second kappa shape index (κ2) is 9.38. The number of fused-ring (bicyclic) bond motifs is 1. The van der Waals surface area contributed by atoms with Gasteiger partial charge in [0, 0.05) is 17.5 Å². The van der Waals surface area contributed by atoms with E-state index in [0.29, 0.717) is 33.4 Å². The average molecular weight is 453 g/mol. The summed E-state index contributed by atoms with van der Waals surface area (Å²) in [6.45, 7) is 5.97. The van der Waals surface area contributed by atoms with Crippen LogP contribution in [0.4, 0.5) is 0 Å². The zero-order valence-corrected chi connectivity index (χ0v) is 18.9. The van der Waals surface area contributed by atoms with E-state index in [-0.39, 0.29) is 11.9 Å². The molecule has 0 aliphatic heterocycles. The van der Waals surface area contributed by atoms with Crippen LogP contribution in [0.2, 0.25) is 15.1 Å². The van der Waals surface area contributed by atoms with E-state index in [0.717, 1.165) is 23.3 Å². The highest BCUT2D eigenvalue weighted by molar-refractivity contribution is 6.42. The van der Waals surface area contributed by atoms with Crippen LogP contribution in [-0.2, 0) is 11.2 Å². The zero-order valence-electron chi connectivity index (χ0n) is 16.7. The number of benzene rings is 2. The quantitative estimate of drug-likeness (QED) is 0.447. The third kappa shape index (κ3) is 4.88. The lowest BCUT2D eigenvalue weighted by Crippen LogP contribution is -2.37. The van der Waals surface area contributed by atoms with Gasteiger partial charge in [-0.2, -0.15) is 0 Å². The van der Waals surface area contributed by atoms with Crippen molar-refractivity contribution in [2.75, 3.05) is 0 Å². The molecule has 1 N–H and O–H groups in total. The van der Waals surface area contributed by atoms with E-state index in [1.54, 1.807) is 12.1 Å². The Morgan fingerprint density at radius 2 is 1.79 bits per heavy atom. The number of rotatable bonds is 7. The number of nitrogens with one attached hydrogen (secondary N) is 1. The minimum atomic E-state index is -0.401. The summed E-state index contributed by atoms with van der Waals surface area (Å²) >= 11 is 18.9. The minimum Gasteiger partial charge on any atom is -0.352 e. The molecule has 3 aromatic rings. The highest BCUT2D eigenvalue weighted by atomic mass is 35.5. The molecule has 0 unspecified atom stereocenters. The Hall–Kier alpha value is -1.75. The first-order valence-electron chi connectivity index (χ1n) is 9.71. The number of carbonyl (C=O) groups is 1. The predicted octanol–water partition coefficient (Wildman–Crippen LogP) is 6.45.